The van der Waals surface area contributed by atoms with Crippen molar-refractivity contribution in [1.82, 2.24) is 4.98 Å². The lowest BCUT2D eigenvalue weighted by Crippen LogP contribution is -2.11. The fourth-order valence-corrected chi connectivity index (χ4v) is 2.45. The van der Waals surface area contributed by atoms with Crippen molar-refractivity contribution >= 4 is 22.4 Å². The van der Waals surface area contributed by atoms with Crippen LogP contribution in [0.5, 0.6) is 0 Å². The first-order valence-corrected chi connectivity index (χ1v) is 7.52. The molecule has 1 amide bonds. The van der Waals surface area contributed by atoms with E-state index in [1.807, 2.05) is 12.3 Å². The van der Waals surface area contributed by atoms with Crippen LogP contribution in [0.1, 0.15) is 64.1 Å². The van der Waals surface area contributed by atoms with Crippen molar-refractivity contribution in [1.29, 1.82) is 0 Å². The van der Waals surface area contributed by atoms with E-state index in [1.165, 1.54) is 30.6 Å². The van der Waals surface area contributed by atoms with Crippen molar-refractivity contribution in [2.45, 2.75) is 58.4 Å². The van der Waals surface area contributed by atoms with Gasteiger partial charge in [0.2, 0.25) is 5.91 Å². The Labute approximate surface area is 113 Å². The van der Waals surface area contributed by atoms with Gasteiger partial charge in [0.1, 0.15) is 0 Å². The molecule has 4 nitrogen and oxygen atoms in total. The average Bonchev–Trinajstić information content (AvgIpc) is 2.77. The Morgan fingerprint density at radius 1 is 1.44 bits per heavy atom. The van der Waals surface area contributed by atoms with Crippen LogP contribution < -0.4 is 11.1 Å². The summed E-state index contributed by atoms with van der Waals surface area (Å²) in [7, 11) is 0. The van der Waals surface area contributed by atoms with Crippen LogP contribution in [0.4, 0.5) is 5.13 Å². The van der Waals surface area contributed by atoms with Crippen molar-refractivity contribution < 1.29 is 4.79 Å². The van der Waals surface area contributed by atoms with E-state index in [9.17, 15) is 4.79 Å². The summed E-state index contributed by atoms with van der Waals surface area (Å²) in [6.45, 7) is 4.07. The SMILES string of the molecule is CCCCCCCC(=O)Nc1nc(C(C)N)cs1. The van der Waals surface area contributed by atoms with Crippen LogP contribution in [0.3, 0.4) is 0 Å². The quantitative estimate of drug-likeness (QED) is 0.710. The molecular weight excluding hydrogens is 246 g/mol. The second-order valence-electron chi connectivity index (χ2n) is 4.58. The summed E-state index contributed by atoms with van der Waals surface area (Å²) in [5, 5.41) is 5.36. The monoisotopic (exact) mass is 269 g/mol. The van der Waals surface area contributed by atoms with E-state index in [0.717, 1.165) is 18.5 Å². The predicted molar refractivity (Wildman–Crippen MR) is 76.7 cm³/mol. The molecule has 18 heavy (non-hydrogen) atoms. The standard InChI is InChI=1S/C13H23N3OS/c1-3-4-5-6-7-8-12(17)16-13-15-11(9-18-13)10(2)14/h9-10H,3-8,14H2,1-2H3,(H,15,16,17). The lowest BCUT2D eigenvalue weighted by atomic mass is 10.1. The third-order valence-electron chi connectivity index (χ3n) is 2.74. The van der Waals surface area contributed by atoms with E-state index in [1.54, 1.807) is 0 Å². The van der Waals surface area contributed by atoms with Gasteiger partial charge in [0.15, 0.2) is 5.13 Å². The minimum absolute atomic E-state index is 0.0528. The highest BCUT2D eigenvalue weighted by atomic mass is 32.1. The minimum atomic E-state index is -0.0825. The van der Waals surface area contributed by atoms with Gasteiger partial charge in [0.05, 0.1) is 5.69 Å². The fourth-order valence-electron chi connectivity index (χ4n) is 1.62. The molecule has 1 unspecified atom stereocenters. The Morgan fingerprint density at radius 3 is 2.78 bits per heavy atom. The molecule has 1 aromatic rings. The Hall–Kier alpha value is -0.940. The molecule has 0 aliphatic rings. The van der Waals surface area contributed by atoms with E-state index < -0.39 is 0 Å². The van der Waals surface area contributed by atoms with Gasteiger partial charge in [-0.15, -0.1) is 11.3 Å². The summed E-state index contributed by atoms with van der Waals surface area (Å²) in [6, 6.07) is -0.0825. The molecule has 0 aliphatic heterocycles. The number of amides is 1. The molecule has 5 heteroatoms. The van der Waals surface area contributed by atoms with Crippen LogP contribution in [-0.4, -0.2) is 10.9 Å². The molecule has 1 heterocycles. The number of nitrogens with one attached hydrogen (secondary N) is 1. The normalized spacial score (nSPS) is 12.4. The third kappa shape index (κ3) is 5.60. The van der Waals surface area contributed by atoms with Gasteiger partial charge in [-0.25, -0.2) is 4.98 Å². The van der Waals surface area contributed by atoms with Gasteiger partial charge in [-0.3, -0.25) is 4.79 Å². The molecule has 0 saturated carbocycles. The van der Waals surface area contributed by atoms with Crippen molar-refractivity contribution in [2.24, 2.45) is 5.73 Å². The van der Waals surface area contributed by atoms with Crippen LogP contribution in [0.15, 0.2) is 5.38 Å². The second kappa shape index (κ2) is 8.21. The number of unbranched alkanes of at least 4 members (excludes halogenated alkanes) is 4. The van der Waals surface area contributed by atoms with Crippen LogP contribution >= 0.6 is 11.3 Å². The van der Waals surface area contributed by atoms with Crippen LogP contribution in [0, 0.1) is 0 Å². The maximum Gasteiger partial charge on any atom is 0.226 e. The zero-order valence-electron chi connectivity index (χ0n) is 11.2. The molecule has 102 valence electrons. The molecule has 0 aromatic carbocycles. The molecule has 0 bridgehead atoms. The number of hydrogen-bond acceptors (Lipinski definition) is 4. The molecule has 0 radical (unpaired) electrons. The molecule has 1 atom stereocenters. The number of nitrogens with two attached hydrogens (primary N) is 1. The van der Waals surface area contributed by atoms with Gasteiger partial charge < -0.3 is 11.1 Å². The zero-order chi connectivity index (χ0) is 13.4. The topological polar surface area (TPSA) is 68.0 Å². The van der Waals surface area contributed by atoms with E-state index >= 15 is 0 Å². The number of carbonyl (C=O) groups is 1. The summed E-state index contributed by atoms with van der Waals surface area (Å²) in [5.41, 5.74) is 6.55. The number of hydrogen-bond donors (Lipinski definition) is 2. The van der Waals surface area contributed by atoms with Crippen molar-refractivity contribution in [2.75, 3.05) is 5.32 Å². The third-order valence-corrected chi connectivity index (χ3v) is 3.52. The lowest BCUT2D eigenvalue weighted by Gasteiger charge is -2.02. The fraction of sp³-hybridized carbons (Fsp3) is 0.692. The van der Waals surface area contributed by atoms with Gasteiger partial charge in [-0.2, -0.15) is 0 Å². The predicted octanol–water partition coefficient (Wildman–Crippen LogP) is 3.46. The summed E-state index contributed by atoms with van der Waals surface area (Å²) in [5.74, 6) is 0.0528. The second-order valence-corrected chi connectivity index (χ2v) is 5.44. The maximum absolute atomic E-state index is 11.6. The van der Waals surface area contributed by atoms with Crippen LogP contribution in [0.2, 0.25) is 0 Å². The Morgan fingerprint density at radius 2 is 2.17 bits per heavy atom. The number of aromatic nitrogens is 1. The Kier molecular flexibility index (Phi) is 6.90. The van der Waals surface area contributed by atoms with Crippen molar-refractivity contribution in [3.63, 3.8) is 0 Å². The van der Waals surface area contributed by atoms with E-state index in [2.05, 4.69) is 17.2 Å². The highest BCUT2D eigenvalue weighted by Crippen LogP contribution is 2.19. The van der Waals surface area contributed by atoms with Gasteiger partial charge in [-0.05, 0) is 13.3 Å². The van der Waals surface area contributed by atoms with Gasteiger partial charge >= 0.3 is 0 Å². The summed E-state index contributed by atoms with van der Waals surface area (Å²) in [6.07, 6.45) is 6.37. The highest BCUT2D eigenvalue weighted by molar-refractivity contribution is 7.13. The summed E-state index contributed by atoms with van der Waals surface area (Å²) < 4.78 is 0. The number of nitrogens with zero attached hydrogens (tertiary/aromatic N) is 1. The lowest BCUT2D eigenvalue weighted by molar-refractivity contribution is -0.116. The smallest absolute Gasteiger partial charge is 0.226 e. The Bertz CT molecular complexity index is 363. The van der Waals surface area contributed by atoms with Crippen molar-refractivity contribution in [3.05, 3.63) is 11.1 Å². The molecule has 0 aliphatic carbocycles. The minimum Gasteiger partial charge on any atom is -0.323 e. The molecule has 0 spiro atoms. The molecule has 3 N–H and O–H groups in total. The Balaban J connectivity index is 2.22. The van der Waals surface area contributed by atoms with E-state index in [0.29, 0.717) is 11.6 Å². The molecule has 1 rings (SSSR count). The van der Waals surface area contributed by atoms with E-state index in [4.69, 9.17) is 5.73 Å². The average molecular weight is 269 g/mol. The largest absolute Gasteiger partial charge is 0.323 e. The van der Waals surface area contributed by atoms with Gasteiger partial charge in [0.25, 0.3) is 0 Å². The first-order chi connectivity index (χ1) is 8.63. The molecular formula is C13H23N3OS. The molecule has 1 aromatic heterocycles. The maximum atomic E-state index is 11.6. The molecule has 0 fully saturated rings. The number of carbonyl (C=O) groups excluding carboxylic acids is 1. The van der Waals surface area contributed by atoms with E-state index in [-0.39, 0.29) is 11.9 Å². The highest BCUT2D eigenvalue weighted by Gasteiger charge is 2.08. The first-order valence-electron chi connectivity index (χ1n) is 6.64. The summed E-state index contributed by atoms with van der Waals surface area (Å²) in [4.78, 5) is 15.9. The summed E-state index contributed by atoms with van der Waals surface area (Å²) >= 11 is 1.43. The zero-order valence-corrected chi connectivity index (χ0v) is 12.1. The van der Waals surface area contributed by atoms with Crippen LogP contribution in [-0.2, 0) is 4.79 Å². The molecule has 0 saturated heterocycles. The van der Waals surface area contributed by atoms with Gasteiger partial charge in [0, 0.05) is 17.8 Å². The number of anilines is 1. The van der Waals surface area contributed by atoms with Crippen molar-refractivity contribution in [3.8, 4) is 0 Å². The van der Waals surface area contributed by atoms with Crippen LogP contribution in [0.25, 0.3) is 0 Å². The first kappa shape index (κ1) is 15.1. The van der Waals surface area contributed by atoms with Gasteiger partial charge in [-0.1, -0.05) is 32.6 Å². The number of rotatable bonds is 8. The number of thiazole rings is 1.